The van der Waals surface area contributed by atoms with E-state index in [0.29, 0.717) is 25.5 Å². The third-order valence-electron chi connectivity index (χ3n) is 4.77. The quantitative estimate of drug-likeness (QED) is 0.260. The fourth-order valence-electron chi connectivity index (χ4n) is 3.31. The Labute approximate surface area is 188 Å². The molecule has 2 aromatic rings. The van der Waals surface area contributed by atoms with Crippen molar-refractivity contribution in [2.75, 3.05) is 25.0 Å². The second-order valence-corrected chi connectivity index (χ2v) is 6.82. The van der Waals surface area contributed by atoms with Crippen molar-refractivity contribution in [2.45, 2.75) is 31.8 Å². The van der Waals surface area contributed by atoms with E-state index >= 15 is 0 Å². The lowest BCUT2D eigenvalue weighted by atomic mass is 10.2. The minimum absolute atomic E-state index is 0. The van der Waals surface area contributed by atoms with E-state index in [1.54, 1.807) is 23.7 Å². The van der Waals surface area contributed by atoms with Gasteiger partial charge in [-0.25, -0.2) is 0 Å². The maximum atomic E-state index is 12.3. The lowest BCUT2D eigenvalue weighted by Crippen LogP contribution is -2.44. The number of unbranched alkanes of at least 4 members (excludes halogenated alkanes) is 1. The van der Waals surface area contributed by atoms with E-state index in [1.165, 1.54) is 0 Å². The van der Waals surface area contributed by atoms with Crippen LogP contribution in [0.3, 0.4) is 0 Å². The normalized spacial score (nSPS) is 16.4. The summed E-state index contributed by atoms with van der Waals surface area (Å²) in [6.45, 7) is 2.08. The minimum Gasteiger partial charge on any atom is -0.356 e. The van der Waals surface area contributed by atoms with Crippen LogP contribution in [0.5, 0.6) is 0 Å². The van der Waals surface area contributed by atoms with E-state index in [2.05, 4.69) is 15.6 Å². The number of aromatic nitrogens is 1. The van der Waals surface area contributed by atoms with Crippen LogP contribution in [-0.2, 0) is 11.3 Å². The number of hydrogen-bond donors (Lipinski definition) is 2. The summed E-state index contributed by atoms with van der Waals surface area (Å²) in [7, 11) is 1.73. The summed E-state index contributed by atoms with van der Waals surface area (Å²) in [5.74, 6) is 0.817. The van der Waals surface area contributed by atoms with Crippen molar-refractivity contribution in [1.29, 1.82) is 0 Å². The van der Waals surface area contributed by atoms with Gasteiger partial charge in [0.05, 0.1) is 6.04 Å². The Morgan fingerprint density at radius 3 is 2.59 bits per heavy atom. The van der Waals surface area contributed by atoms with Gasteiger partial charge in [-0.15, -0.1) is 24.0 Å². The number of aryl methyl sites for hydroxylation is 1. The van der Waals surface area contributed by atoms with Gasteiger partial charge in [0, 0.05) is 51.1 Å². The second kappa shape index (κ2) is 11.6. The van der Waals surface area contributed by atoms with E-state index in [1.807, 2.05) is 47.5 Å². The first-order valence-corrected chi connectivity index (χ1v) is 9.65. The molecule has 1 unspecified atom stereocenters. The van der Waals surface area contributed by atoms with Gasteiger partial charge in [-0.1, -0.05) is 24.3 Å². The number of guanidine groups is 1. The molecule has 7 nitrogen and oxygen atoms in total. The van der Waals surface area contributed by atoms with Crippen LogP contribution in [0.2, 0.25) is 0 Å². The first kappa shape index (κ1) is 22.9. The highest BCUT2D eigenvalue weighted by atomic mass is 127. The summed E-state index contributed by atoms with van der Waals surface area (Å²) in [6, 6.07) is 14.9. The Kier molecular flexibility index (Phi) is 9.17. The summed E-state index contributed by atoms with van der Waals surface area (Å²) >= 11 is 0. The average molecular weight is 509 g/mol. The van der Waals surface area contributed by atoms with E-state index in [-0.39, 0.29) is 41.5 Å². The van der Waals surface area contributed by atoms with Crippen molar-refractivity contribution in [2.24, 2.45) is 4.99 Å². The Morgan fingerprint density at radius 2 is 1.86 bits per heavy atom. The van der Waals surface area contributed by atoms with Crippen LogP contribution in [0.4, 0.5) is 5.69 Å². The fourth-order valence-corrected chi connectivity index (χ4v) is 3.31. The molecule has 0 saturated carbocycles. The van der Waals surface area contributed by atoms with Crippen LogP contribution in [-0.4, -0.2) is 42.6 Å². The molecule has 3 rings (SSSR count). The van der Waals surface area contributed by atoms with E-state index in [0.717, 1.165) is 25.1 Å². The molecule has 8 heteroatoms. The summed E-state index contributed by atoms with van der Waals surface area (Å²) in [6.07, 6.45) is 4.08. The molecule has 1 aromatic carbocycles. The minimum atomic E-state index is 0. The average Bonchev–Trinajstić information content (AvgIpc) is 3.09. The lowest BCUT2D eigenvalue weighted by molar-refractivity contribution is -0.117. The number of nitrogens with zero attached hydrogens (tertiary/aromatic N) is 3. The van der Waals surface area contributed by atoms with Crippen molar-refractivity contribution < 1.29 is 4.79 Å². The number of aliphatic imine (C=N–C) groups is 1. The topological polar surface area (TPSA) is 78.7 Å². The van der Waals surface area contributed by atoms with Crippen LogP contribution < -0.4 is 21.1 Å². The van der Waals surface area contributed by atoms with E-state index in [9.17, 15) is 9.59 Å². The summed E-state index contributed by atoms with van der Waals surface area (Å²) < 4.78 is 1.72. The van der Waals surface area contributed by atoms with Gasteiger partial charge in [0.15, 0.2) is 5.96 Å². The van der Waals surface area contributed by atoms with Crippen LogP contribution in [0, 0.1) is 0 Å². The number of carbonyl (C=O) groups is 1. The summed E-state index contributed by atoms with van der Waals surface area (Å²) in [4.78, 5) is 30.0. The third-order valence-corrected chi connectivity index (χ3v) is 4.77. The van der Waals surface area contributed by atoms with Gasteiger partial charge in [0.1, 0.15) is 0 Å². The Morgan fingerprint density at radius 1 is 1.10 bits per heavy atom. The van der Waals surface area contributed by atoms with Crippen molar-refractivity contribution in [1.82, 2.24) is 15.2 Å². The first-order valence-electron chi connectivity index (χ1n) is 9.65. The molecule has 1 aliphatic rings. The lowest BCUT2D eigenvalue weighted by Gasteiger charge is -2.19. The van der Waals surface area contributed by atoms with Gasteiger partial charge in [-0.2, -0.15) is 0 Å². The number of hydrogen-bond acceptors (Lipinski definition) is 3. The molecule has 29 heavy (non-hydrogen) atoms. The second-order valence-electron chi connectivity index (χ2n) is 6.82. The summed E-state index contributed by atoms with van der Waals surface area (Å²) in [5.41, 5.74) is 0.956. The van der Waals surface area contributed by atoms with Crippen molar-refractivity contribution >= 4 is 41.5 Å². The van der Waals surface area contributed by atoms with Gasteiger partial charge < -0.3 is 20.1 Å². The predicted molar refractivity (Wildman–Crippen MR) is 127 cm³/mol. The van der Waals surface area contributed by atoms with Gasteiger partial charge in [0.2, 0.25) is 11.5 Å². The number of carbonyl (C=O) groups excluding carboxylic acids is 1. The largest absolute Gasteiger partial charge is 0.356 e. The molecule has 1 aliphatic heterocycles. The highest BCUT2D eigenvalue weighted by Crippen LogP contribution is 2.20. The van der Waals surface area contributed by atoms with E-state index < -0.39 is 0 Å². The zero-order valence-corrected chi connectivity index (χ0v) is 18.9. The van der Waals surface area contributed by atoms with Gasteiger partial charge in [-0.05, 0) is 31.0 Å². The van der Waals surface area contributed by atoms with E-state index in [4.69, 9.17) is 0 Å². The SMILES string of the molecule is CN=C(NCCCCn1ccccc1=O)NC1CC(=O)N(c2ccccc2)C1.I. The standard InChI is InChI=1S/C21H27N5O2.HI/c1-22-21(23-12-6-8-14-25-13-7-5-11-19(25)27)24-17-15-20(28)26(16-17)18-9-3-2-4-10-18;/h2-5,7,9-11,13,17H,6,8,12,14-16H2,1H3,(H2,22,23,24);1H. The number of para-hydroxylation sites is 1. The smallest absolute Gasteiger partial charge is 0.250 e. The number of nitrogens with one attached hydrogen (secondary N) is 2. The first-order chi connectivity index (χ1) is 13.7. The van der Waals surface area contributed by atoms with Gasteiger partial charge in [0.25, 0.3) is 0 Å². The van der Waals surface area contributed by atoms with Crippen LogP contribution in [0.1, 0.15) is 19.3 Å². The molecule has 0 bridgehead atoms. The Hall–Kier alpha value is -2.36. The van der Waals surface area contributed by atoms with Crippen molar-refractivity contribution in [3.8, 4) is 0 Å². The predicted octanol–water partition coefficient (Wildman–Crippen LogP) is 2.22. The molecule has 0 radical (unpaired) electrons. The maximum absolute atomic E-state index is 12.3. The summed E-state index contributed by atoms with van der Waals surface area (Å²) in [5, 5.41) is 6.62. The molecule has 1 amide bonds. The van der Waals surface area contributed by atoms with Crippen LogP contribution in [0.25, 0.3) is 0 Å². The van der Waals surface area contributed by atoms with Crippen molar-refractivity contribution in [3.63, 3.8) is 0 Å². The fraction of sp³-hybridized carbons (Fsp3) is 0.381. The third kappa shape index (κ3) is 6.59. The molecular weight excluding hydrogens is 481 g/mol. The number of pyridine rings is 1. The molecule has 2 N–H and O–H groups in total. The maximum Gasteiger partial charge on any atom is 0.250 e. The Balaban J connectivity index is 0.00000300. The van der Waals surface area contributed by atoms with Crippen molar-refractivity contribution in [3.05, 3.63) is 65.1 Å². The number of rotatable bonds is 7. The number of benzene rings is 1. The number of halogens is 1. The van der Waals surface area contributed by atoms with Gasteiger partial charge in [-0.3, -0.25) is 14.6 Å². The molecule has 156 valence electrons. The number of amides is 1. The number of anilines is 1. The van der Waals surface area contributed by atoms with Crippen LogP contribution >= 0.6 is 24.0 Å². The zero-order valence-electron chi connectivity index (χ0n) is 16.6. The van der Waals surface area contributed by atoms with Crippen LogP contribution in [0.15, 0.2) is 64.5 Å². The highest BCUT2D eigenvalue weighted by Gasteiger charge is 2.30. The molecule has 1 saturated heterocycles. The Bertz CT molecular complexity index is 869. The molecule has 2 heterocycles. The monoisotopic (exact) mass is 509 g/mol. The molecule has 1 fully saturated rings. The zero-order chi connectivity index (χ0) is 19.8. The molecule has 0 aliphatic carbocycles. The van der Waals surface area contributed by atoms with Gasteiger partial charge >= 0.3 is 0 Å². The molecule has 0 spiro atoms. The molecular formula is C21H28IN5O2. The highest BCUT2D eigenvalue weighted by molar-refractivity contribution is 14.0. The molecule has 1 atom stereocenters. The molecule has 1 aromatic heterocycles.